The summed E-state index contributed by atoms with van der Waals surface area (Å²) in [5.74, 6) is -2.80. The number of hydrogen-bond donors (Lipinski definition) is 0. The third-order valence-electron chi connectivity index (χ3n) is 3.30. The minimum Gasteiger partial charge on any atom is -0.448 e. The molecule has 0 unspecified atom stereocenters. The van der Waals surface area contributed by atoms with Crippen LogP contribution in [0.5, 0.6) is 0 Å². The number of likely N-dealkylation sites (N-methyl/N-ethyl adjacent to an activating group) is 1. The minimum absolute atomic E-state index is 0.185. The van der Waals surface area contributed by atoms with E-state index in [1.165, 1.54) is 4.90 Å². The average molecular weight is 234 g/mol. The Morgan fingerprint density at radius 1 is 1.50 bits per heavy atom. The van der Waals surface area contributed by atoms with Gasteiger partial charge < -0.3 is 9.64 Å². The molecule has 0 aromatic rings. The van der Waals surface area contributed by atoms with Crippen molar-refractivity contribution in [3.05, 3.63) is 0 Å². The SMILES string of the molecule is CCN1CCC(F)(F)[C@H](N2CCOC2=O)C1. The molecular weight excluding hydrogens is 218 g/mol. The minimum atomic E-state index is -2.80. The highest BCUT2D eigenvalue weighted by molar-refractivity contribution is 5.70. The van der Waals surface area contributed by atoms with Crippen LogP contribution in [-0.2, 0) is 4.74 Å². The number of hydrogen-bond acceptors (Lipinski definition) is 3. The number of likely N-dealkylation sites (tertiary alicyclic amines) is 1. The second kappa shape index (κ2) is 4.16. The zero-order chi connectivity index (χ0) is 11.8. The fourth-order valence-corrected chi connectivity index (χ4v) is 2.25. The maximum atomic E-state index is 13.7. The van der Waals surface area contributed by atoms with Crippen molar-refractivity contribution in [3.63, 3.8) is 0 Å². The Labute approximate surface area is 93.1 Å². The number of carbonyl (C=O) groups excluding carboxylic acids is 1. The third kappa shape index (κ3) is 1.98. The highest BCUT2D eigenvalue weighted by Crippen LogP contribution is 2.33. The van der Waals surface area contributed by atoms with Gasteiger partial charge in [-0.25, -0.2) is 13.6 Å². The molecule has 2 heterocycles. The first-order chi connectivity index (χ1) is 7.54. The second-order valence-corrected chi connectivity index (χ2v) is 4.23. The molecule has 4 nitrogen and oxygen atoms in total. The van der Waals surface area contributed by atoms with Crippen LogP contribution in [0, 0.1) is 0 Å². The second-order valence-electron chi connectivity index (χ2n) is 4.23. The van der Waals surface area contributed by atoms with E-state index in [-0.39, 0.29) is 26.1 Å². The van der Waals surface area contributed by atoms with E-state index in [0.29, 0.717) is 6.54 Å². The van der Waals surface area contributed by atoms with Gasteiger partial charge in [-0.2, -0.15) is 0 Å². The Balaban J connectivity index is 2.11. The van der Waals surface area contributed by atoms with E-state index in [2.05, 4.69) is 0 Å². The largest absolute Gasteiger partial charge is 0.448 e. The molecule has 0 aliphatic carbocycles. The lowest BCUT2D eigenvalue weighted by Crippen LogP contribution is -2.58. The van der Waals surface area contributed by atoms with Crippen molar-refractivity contribution in [2.24, 2.45) is 0 Å². The van der Waals surface area contributed by atoms with Crippen LogP contribution in [-0.4, -0.2) is 60.6 Å². The lowest BCUT2D eigenvalue weighted by Gasteiger charge is -2.41. The summed E-state index contributed by atoms with van der Waals surface area (Å²) < 4.78 is 32.2. The maximum Gasteiger partial charge on any atom is 0.410 e. The molecule has 2 aliphatic heterocycles. The summed E-state index contributed by atoms with van der Waals surface area (Å²) in [7, 11) is 0. The Bertz CT molecular complexity index is 286. The summed E-state index contributed by atoms with van der Waals surface area (Å²) in [6.07, 6.45) is -0.794. The topological polar surface area (TPSA) is 32.8 Å². The molecule has 0 aromatic heterocycles. The first-order valence-electron chi connectivity index (χ1n) is 5.58. The van der Waals surface area contributed by atoms with Crippen molar-refractivity contribution >= 4 is 6.09 Å². The summed E-state index contributed by atoms with van der Waals surface area (Å²) in [5.41, 5.74) is 0. The highest BCUT2D eigenvalue weighted by atomic mass is 19.3. The molecule has 0 bridgehead atoms. The third-order valence-corrected chi connectivity index (χ3v) is 3.30. The Morgan fingerprint density at radius 2 is 2.25 bits per heavy atom. The van der Waals surface area contributed by atoms with Gasteiger partial charge in [0.25, 0.3) is 5.92 Å². The van der Waals surface area contributed by atoms with Gasteiger partial charge >= 0.3 is 6.09 Å². The molecule has 6 heteroatoms. The lowest BCUT2D eigenvalue weighted by atomic mass is 9.99. The predicted molar refractivity (Wildman–Crippen MR) is 53.5 cm³/mol. The number of piperidine rings is 1. The van der Waals surface area contributed by atoms with Gasteiger partial charge in [0.1, 0.15) is 12.6 Å². The number of amides is 1. The van der Waals surface area contributed by atoms with Crippen molar-refractivity contribution < 1.29 is 18.3 Å². The van der Waals surface area contributed by atoms with Gasteiger partial charge in [-0.1, -0.05) is 6.92 Å². The molecule has 0 aromatic carbocycles. The first kappa shape index (κ1) is 11.6. The summed E-state index contributed by atoms with van der Waals surface area (Å²) in [4.78, 5) is 14.4. The molecular formula is C10H16F2N2O2. The molecule has 2 aliphatic rings. The van der Waals surface area contributed by atoms with E-state index in [1.807, 2.05) is 11.8 Å². The van der Waals surface area contributed by atoms with Crippen molar-refractivity contribution in [1.82, 2.24) is 9.80 Å². The molecule has 0 spiro atoms. The van der Waals surface area contributed by atoms with Crippen LogP contribution in [0.4, 0.5) is 13.6 Å². The molecule has 2 rings (SSSR count). The van der Waals surface area contributed by atoms with Crippen LogP contribution in [0.15, 0.2) is 0 Å². The van der Waals surface area contributed by atoms with Gasteiger partial charge in [0.05, 0.1) is 6.54 Å². The van der Waals surface area contributed by atoms with Crippen LogP contribution >= 0.6 is 0 Å². The molecule has 16 heavy (non-hydrogen) atoms. The van der Waals surface area contributed by atoms with E-state index >= 15 is 0 Å². The highest BCUT2D eigenvalue weighted by Gasteiger charge is 2.49. The zero-order valence-electron chi connectivity index (χ0n) is 9.29. The number of ether oxygens (including phenoxy) is 1. The zero-order valence-corrected chi connectivity index (χ0v) is 9.29. The summed E-state index contributed by atoms with van der Waals surface area (Å²) in [5, 5.41) is 0. The van der Waals surface area contributed by atoms with Crippen LogP contribution in [0.1, 0.15) is 13.3 Å². The fraction of sp³-hybridized carbons (Fsp3) is 0.900. The van der Waals surface area contributed by atoms with E-state index in [4.69, 9.17) is 4.74 Å². The smallest absolute Gasteiger partial charge is 0.410 e. The number of carbonyl (C=O) groups is 1. The van der Waals surface area contributed by atoms with Gasteiger partial charge in [-0.05, 0) is 6.54 Å². The van der Waals surface area contributed by atoms with Gasteiger partial charge in [0, 0.05) is 19.5 Å². The van der Waals surface area contributed by atoms with Crippen LogP contribution in [0.3, 0.4) is 0 Å². The number of nitrogens with zero attached hydrogens (tertiary/aromatic N) is 2. The number of halogens is 2. The normalized spacial score (nSPS) is 30.6. The standard InChI is InChI=1S/C10H16F2N2O2/c1-2-13-4-3-10(11,12)8(7-13)14-5-6-16-9(14)15/h8H,2-7H2,1H3/t8-/m1/s1. The molecule has 1 atom stereocenters. The van der Waals surface area contributed by atoms with Gasteiger partial charge in [0.2, 0.25) is 0 Å². The Morgan fingerprint density at radius 3 is 2.81 bits per heavy atom. The van der Waals surface area contributed by atoms with Crippen LogP contribution in [0.2, 0.25) is 0 Å². The number of alkyl halides is 2. The number of cyclic esters (lactones) is 1. The van der Waals surface area contributed by atoms with Gasteiger partial charge in [0.15, 0.2) is 0 Å². The molecule has 2 saturated heterocycles. The van der Waals surface area contributed by atoms with E-state index < -0.39 is 18.1 Å². The van der Waals surface area contributed by atoms with Crippen molar-refractivity contribution in [2.45, 2.75) is 25.3 Å². The van der Waals surface area contributed by atoms with Gasteiger partial charge in [-0.3, -0.25) is 4.90 Å². The van der Waals surface area contributed by atoms with Gasteiger partial charge in [-0.15, -0.1) is 0 Å². The monoisotopic (exact) mass is 234 g/mol. The number of rotatable bonds is 2. The van der Waals surface area contributed by atoms with E-state index in [0.717, 1.165) is 6.54 Å². The van der Waals surface area contributed by atoms with E-state index in [1.54, 1.807) is 0 Å². The molecule has 2 fully saturated rings. The molecule has 92 valence electrons. The predicted octanol–water partition coefficient (Wildman–Crippen LogP) is 1.17. The van der Waals surface area contributed by atoms with Crippen molar-refractivity contribution in [2.75, 3.05) is 32.8 Å². The maximum absolute atomic E-state index is 13.7. The quantitative estimate of drug-likeness (QED) is 0.719. The molecule has 0 radical (unpaired) electrons. The Hall–Kier alpha value is -0.910. The average Bonchev–Trinajstić information content (AvgIpc) is 2.64. The van der Waals surface area contributed by atoms with Crippen LogP contribution < -0.4 is 0 Å². The molecule has 0 N–H and O–H groups in total. The van der Waals surface area contributed by atoms with Crippen molar-refractivity contribution in [1.29, 1.82) is 0 Å². The Kier molecular flexibility index (Phi) is 3.01. The lowest BCUT2D eigenvalue weighted by molar-refractivity contribution is -0.109. The summed E-state index contributed by atoms with van der Waals surface area (Å²) in [6.45, 7) is 3.79. The summed E-state index contributed by atoms with van der Waals surface area (Å²) >= 11 is 0. The summed E-state index contributed by atoms with van der Waals surface area (Å²) in [6, 6.07) is -1.03. The van der Waals surface area contributed by atoms with Crippen molar-refractivity contribution in [3.8, 4) is 0 Å². The van der Waals surface area contributed by atoms with E-state index in [9.17, 15) is 13.6 Å². The van der Waals surface area contributed by atoms with Crippen LogP contribution in [0.25, 0.3) is 0 Å². The molecule has 0 saturated carbocycles. The molecule has 1 amide bonds. The fourth-order valence-electron chi connectivity index (χ4n) is 2.25. The first-order valence-corrected chi connectivity index (χ1v) is 5.58.